The lowest BCUT2D eigenvalue weighted by atomic mass is 10.2. The maximum atomic E-state index is 12.6. The molecule has 0 bridgehead atoms. The van der Waals surface area contributed by atoms with Gasteiger partial charge in [-0.15, -0.1) is 0 Å². The Morgan fingerprint density at radius 3 is 2.62 bits per heavy atom. The van der Waals surface area contributed by atoms with Crippen LogP contribution in [0, 0.1) is 0 Å². The molecular formula is C14H24N4O2S. The molecule has 1 aromatic heterocycles. The average Bonchev–Trinajstić information content (AvgIpc) is 2.99. The molecule has 0 amide bonds. The molecule has 1 aliphatic rings. The van der Waals surface area contributed by atoms with Crippen molar-refractivity contribution in [3.05, 3.63) is 18.3 Å². The molecule has 0 spiro atoms. The highest BCUT2D eigenvalue weighted by Crippen LogP contribution is 2.23. The Hall–Kier alpha value is -1.18. The van der Waals surface area contributed by atoms with E-state index in [0.717, 1.165) is 19.5 Å². The average molecular weight is 312 g/mol. The fraction of sp³-hybridized carbons (Fsp3) is 0.643. The lowest BCUT2D eigenvalue weighted by Gasteiger charge is -2.26. The van der Waals surface area contributed by atoms with Crippen LogP contribution in [0.3, 0.4) is 0 Å². The van der Waals surface area contributed by atoms with Crippen LogP contribution in [-0.4, -0.2) is 61.9 Å². The summed E-state index contributed by atoms with van der Waals surface area (Å²) in [5.74, 6) is 0.663. The van der Waals surface area contributed by atoms with E-state index in [0.29, 0.717) is 24.9 Å². The summed E-state index contributed by atoms with van der Waals surface area (Å²) in [6.07, 6.45) is 2.31. The number of sulfonamides is 1. The highest BCUT2D eigenvalue weighted by atomic mass is 32.2. The van der Waals surface area contributed by atoms with Crippen molar-refractivity contribution in [3.63, 3.8) is 0 Å². The molecule has 1 aliphatic heterocycles. The predicted octanol–water partition coefficient (Wildman–Crippen LogP) is 1.23. The van der Waals surface area contributed by atoms with Crippen LogP contribution in [0.1, 0.15) is 20.3 Å². The predicted molar refractivity (Wildman–Crippen MR) is 83.9 cm³/mol. The highest BCUT2D eigenvalue weighted by molar-refractivity contribution is 7.89. The van der Waals surface area contributed by atoms with E-state index in [1.54, 1.807) is 23.5 Å². The molecule has 0 aliphatic carbocycles. The highest BCUT2D eigenvalue weighted by Gasteiger charge is 2.34. The first-order valence-corrected chi connectivity index (χ1v) is 8.85. The van der Waals surface area contributed by atoms with Gasteiger partial charge in [0.05, 0.1) is 0 Å². The third-order valence-electron chi connectivity index (χ3n) is 4.09. The fourth-order valence-electron chi connectivity index (χ4n) is 2.80. The first-order chi connectivity index (χ1) is 10.0. The van der Waals surface area contributed by atoms with E-state index in [4.69, 9.17) is 0 Å². The van der Waals surface area contributed by atoms with Gasteiger partial charge in [0, 0.05) is 32.4 Å². The molecule has 1 N–H and O–H groups in total. The van der Waals surface area contributed by atoms with Gasteiger partial charge in [-0.05, 0) is 31.6 Å². The summed E-state index contributed by atoms with van der Waals surface area (Å²) in [6, 6.07) is 3.61. The van der Waals surface area contributed by atoms with Crippen LogP contribution >= 0.6 is 0 Å². The molecular weight excluding hydrogens is 288 g/mol. The van der Waals surface area contributed by atoms with Crippen LogP contribution in [0.4, 0.5) is 5.82 Å². The third-order valence-corrected chi connectivity index (χ3v) is 5.93. The lowest BCUT2D eigenvalue weighted by molar-refractivity contribution is 0.224. The minimum Gasteiger partial charge on any atom is -0.373 e. The van der Waals surface area contributed by atoms with Crippen molar-refractivity contribution in [2.45, 2.75) is 31.2 Å². The first-order valence-electron chi connectivity index (χ1n) is 7.41. The van der Waals surface area contributed by atoms with Crippen molar-refractivity contribution in [1.82, 2.24) is 14.2 Å². The summed E-state index contributed by atoms with van der Waals surface area (Å²) in [4.78, 5) is 6.68. The summed E-state index contributed by atoms with van der Waals surface area (Å²) in [5.41, 5.74) is 0. The zero-order chi connectivity index (χ0) is 15.5. The van der Waals surface area contributed by atoms with Crippen LogP contribution in [0.2, 0.25) is 0 Å². The van der Waals surface area contributed by atoms with E-state index < -0.39 is 10.0 Å². The topological polar surface area (TPSA) is 65.5 Å². The van der Waals surface area contributed by atoms with Crippen molar-refractivity contribution < 1.29 is 8.42 Å². The maximum Gasteiger partial charge on any atom is 0.244 e. The SMILES string of the molecule is CCN(CC)C1CCN(S(=O)(=O)c2ccc(NC)nc2)C1. The van der Waals surface area contributed by atoms with E-state index in [9.17, 15) is 8.42 Å². The van der Waals surface area contributed by atoms with Gasteiger partial charge in [0.1, 0.15) is 10.7 Å². The van der Waals surface area contributed by atoms with Crippen molar-refractivity contribution in [1.29, 1.82) is 0 Å². The Morgan fingerprint density at radius 2 is 2.10 bits per heavy atom. The number of pyridine rings is 1. The van der Waals surface area contributed by atoms with Crippen LogP contribution in [0.5, 0.6) is 0 Å². The maximum absolute atomic E-state index is 12.6. The Labute approximate surface area is 127 Å². The zero-order valence-corrected chi connectivity index (χ0v) is 13.7. The Morgan fingerprint density at radius 1 is 1.38 bits per heavy atom. The van der Waals surface area contributed by atoms with Crippen molar-refractivity contribution in [2.75, 3.05) is 38.5 Å². The molecule has 1 unspecified atom stereocenters. The van der Waals surface area contributed by atoms with Crippen LogP contribution in [0.15, 0.2) is 23.2 Å². The molecule has 0 saturated carbocycles. The monoisotopic (exact) mass is 312 g/mol. The second-order valence-corrected chi connectivity index (χ2v) is 7.09. The molecule has 0 aromatic carbocycles. The molecule has 1 atom stereocenters. The van der Waals surface area contributed by atoms with Crippen molar-refractivity contribution in [2.24, 2.45) is 0 Å². The van der Waals surface area contributed by atoms with Crippen LogP contribution < -0.4 is 5.32 Å². The molecule has 2 rings (SSSR count). The third kappa shape index (κ3) is 3.36. The van der Waals surface area contributed by atoms with Gasteiger partial charge in [-0.1, -0.05) is 13.8 Å². The molecule has 7 heteroatoms. The number of rotatable bonds is 6. The number of likely N-dealkylation sites (N-methyl/N-ethyl adjacent to an activating group) is 1. The summed E-state index contributed by atoms with van der Waals surface area (Å²) >= 11 is 0. The van der Waals surface area contributed by atoms with Gasteiger partial charge >= 0.3 is 0 Å². The number of hydrogen-bond donors (Lipinski definition) is 1. The van der Waals surface area contributed by atoms with Gasteiger partial charge in [0.25, 0.3) is 0 Å². The van der Waals surface area contributed by atoms with Gasteiger partial charge in [-0.25, -0.2) is 13.4 Å². The molecule has 2 heterocycles. The van der Waals surface area contributed by atoms with Crippen LogP contribution in [-0.2, 0) is 10.0 Å². The second kappa shape index (κ2) is 6.72. The largest absolute Gasteiger partial charge is 0.373 e. The zero-order valence-electron chi connectivity index (χ0n) is 12.9. The van der Waals surface area contributed by atoms with Crippen molar-refractivity contribution >= 4 is 15.8 Å². The Bertz CT molecular complexity index is 555. The Kier molecular flexibility index (Phi) is 5.18. The summed E-state index contributed by atoms with van der Waals surface area (Å²) in [7, 11) is -1.67. The fourth-order valence-corrected chi connectivity index (χ4v) is 4.24. The lowest BCUT2D eigenvalue weighted by Crippen LogP contribution is -2.38. The minimum absolute atomic E-state index is 0.265. The summed E-state index contributed by atoms with van der Waals surface area (Å²) < 4.78 is 26.8. The normalized spacial score (nSPS) is 20.1. The molecule has 21 heavy (non-hydrogen) atoms. The number of nitrogens with one attached hydrogen (secondary N) is 1. The smallest absolute Gasteiger partial charge is 0.244 e. The van der Waals surface area contributed by atoms with E-state index in [-0.39, 0.29) is 4.90 Å². The molecule has 1 fully saturated rings. The number of hydrogen-bond acceptors (Lipinski definition) is 5. The number of anilines is 1. The number of aromatic nitrogens is 1. The molecule has 6 nitrogen and oxygen atoms in total. The second-order valence-electron chi connectivity index (χ2n) is 5.16. The summed E-state index contributed by atoms with van der Waals surface area (Å²) in [6.45, 7) is 7.28. The Balaban J connectivity index is 2.13. The standard InChI is InChI=1S/C14H24N4O2S/c1-4-17(5-2)12-8-9-18(11-12)21(19,20)13-6-7-14(15-3)16-10-13/h6-7,10,12H,4-5,8-9,11H2,1-3H3,(H,15,16). The van der Waals surface area contributed by atoms with Gasteiger partial charge in [0.2, 0.25) is 10.0 Å². The van der Waals surface area contributed by atoms with E-state index in [1.807, 2.05) is 0 Å². The minimum atomic E-state index is -3.43. The van der Waals surface area contributed by atoms with E-state index in [1.165, 1.54) is 6.20 Å². The first kappa shape index (κ1) is 16.2. The summed E-state index contributed by atoms with van der Waals surface area (Å²) in [5, 5.41) is 2.89. The van der Waals surface area contributed by atoms with Gasteiger partial charge in [-0.3, -0.25) is 4.90 Å². The molecule has 1 aromatic rings. The molecule has 1 saturated heterocycles. The van der Waals surface area contributed by atoms with E-state index >= 15 is 0 Å². The number of nitrogens with zero attached hydrogens (tertiary/aromatic N) is 3. The van der Waals surface area contributed by atoms with Gasteiger partial charge in [-0.2, -0.15) is 4.31 Å². The van der Waals surface area contributed by atoms with Gasteiger partial charge in [0.15, 0.2) is 0 Å². The van der Waals surface area contributed by atoms with Crippen LogP contribution in [0.25, 0.3) is 0 Å². The van der Waals surface area contributed by atoms with Crippen molar-refractivity contribution in [3.8, 4) is 0 Å². The molecule has 118 valence electrons. The molecule has 0 radical (unpaired) electrons. The quantitative estimate of drug-likeness (QED) is 0.856. The van der Waals surface area contributed by atoms with Gasteiger partial charge < -0.3 is 5.32 Å². The van der Waals surface area contributed by atoms with E-state index in [2.05, 4.69) is 29.0 Å².